The number of esters is 1. The summed E-state index contributed by atoms with van der Waals surface area (Å²) in [5.74, 6) is -0.0908. The molecule has 0 aromatic heterocycles. The van der Waals surface area contributed by atoms with Crippen molar-refractivity contribution in [2.75, 3.05) is 20.2 Å². The lowest BCUT2D eigenvalue weighted by Gasteiger charge is -2.31. The van der Waals surface area contributed by atoms with Gasteiger partial charge in [-0.2, -0.15) is 0 Å². The minimum absolute atomic E-state index is 0.0908. The van der Waals surface area contributed by atoms with E-state index in [9.17, 15) is 4.79 Å². The molecule has 0 N–H and O–H groups in total. The van der Waals surface area contributed by atoms with Crippen LogP contribution in [-0.4, -0.2) is 37.1 Å². The normalized spacial score (nSPS) is 22.0. The number of nitrogens with zero attached hydrogens (tertiary/aromatic N) is 1. The molecule has 1 aromatic rings. The third-order valence-electron chi connectivity index (χ3n) is 5.10. The Morgan fingerprint density at radius 3 is 3.00 bits per heavy atom. The molecule has 1 aliphatic heterocycles. The number of hydrogen-bond acceptors (Lipinski definition) is 3. The molecule has 0 bridgehead atoms. The van der Waals surface area contributed by atoms with E-state index >= 15 is 0 Å². The molecule has 1 atom stereocenters. The molecule has 0 spiro atoms. The summed E-state index contributed by atoms with van der Waals surface area (Å²) in [6.45, 7) is 1.64. The van der Waals surface area contributed by atoms with Gasteiger partial charge in [0.25, 0.3) is 0 Å². The molecule has 2 aliphatic rings. The third kappa shape index (κ3) is 4.23. The minimum Gasteiger partial charge on any atom is -0.464 e. The van der Waals surface area contributed by atoms with Gasteiger partial charge in [0.1, 0.15) is 6.61 Å². The van der Waals surface area contributed by atoms with Crippen LogP contribution < -0.4 is 0 Å². The van der Waals surface area contributed by atoms with Gasteiger partial charge in [-0.05, 0) is 62.4 Å². The summed E-state index contributed by atoms with van der Waals surface area (Å²) in [5, 5.41) is 0. The molecule has 1 fully saturated rings. The lowest BCUT2D eigenvalue weighted by molar-refractivity contribution is -0.144. The largest absolute Gasteiger partial charge is 0.464 e. The number of aryl methyl sites for hydroxylation is 1. The second-order valence-electron chi connectivity index (χ2n) is 6.77. The molecule has 3 nitrogen and oxygen atoms in total. The molecule has 1 aromatic carbocycles. The highest BCUT2D eigenvalue weighted by atomic mass is 16.5. The van der Waals surface area contributed by atoms with Gasteiger partial charge in [-0.15, -0.1) is 0 Å². The standard InChI is InChI=1S/C20H27NO2/c1-21-13-7-6-11-18(21)15-23-20(22)14-17-10-3-2-8-16-9-4-5-12-19(16)17/h4-5,9-10,12,18H,2-3,6-8,11,13-15H2,1H3. The fourth-order valence-electron chi connectivity index (χ4n) is 3.65. The Morgan fingerprint density at radius 2 is 2.13 bits per heavy atom. The number of fused-ring (bicyclic) bond motifs is 1. The zero-order valence-electron chi connectivity index (χ0n) is 14.1. The van der Waals surface area contributed by atoms with Gasteiger partial charge >= 0.3 is 5.97 Å². The smallest absolute Gasteiger partial charge is 0.310 e. The number of likely N-dealkylation sites (N-methyl/N-ethyl adjacent to an activating group) is 1. The van der Waals surface area contributed by atoms with E-state index in [1.807, 2.05) is 0 Å². The third-order valence-corrected chi connectivity index (χ3v) is 5.10. The van der Waals surface area contributed by atoms with E-state index in [0.29, 0.717) is 19.1 Å². The first kappa shape index (κ1) is 16.3. The molecule has 0 amide bonds. The van der Waals surface area contributed by atoms with Crippen LogP contribution in [-0.2, 0) is 16.0 Å². The highest BCUT2D eigenvalue weighted by molar-refractivity contribution is 5.86. The highest BCUT2D eigenvalue weighted by Crippen LogP contribution is 2.28. The van der Waals surface area contributed by atoms with Crippen LogP contribution in [0.3, 0.4) is 0 Å². The number of piperidine rings is 1. The highest BCUT2D eigenvalue weighted by Gasteiger charge is 2.21. The summed E-state index contributed by atoms with van der Waals surface area (Å²) in [6.07, 6.45) is 9.54. The summed E-state index contributed by atoms with van der Waals surface area (Å²) in [6, 6.07) is 8.84. The Balaban J connectivity index is 1.58. The van der Waals surface area contributed by atoms with Crippen LogP contribution in [0.1, 0.15) is 49.7 Å². The van der Waals surface area contributed by atoms with Crippen LogP contribution in [0.2, 0.25) is 0 Å². The predicted molar refractivity (Wildman–Crippen MR) is 93.2 cm³/mol. The van der Waals surface area contributed by atoms with Crippen LogP contribution in [0, 0.1) is 0 Å². The second-order valence-corrected chi connectivity index (χ2v) is 6.77. The predicted octanol–water partition coefficient (Wildman–Crippen LogP) is 3.82. The van der Waals surface area contributed by atoms with Crippen LogP contribution >= 0.6 is 0 Å². The topological polar surface area (TPSA) is 29.5 Å². The molecule has 1 saturated heterocycles. The summed E-state index contributed by atoms with van der Waals surface area (Å²) < 4.78 is 5.59. The molecule has 1 aliphatic carbocycles. The fraction of sp³-hybridized carbons (Fsp3) is 0.550. The summed E-state index contributed by atoms with van der Waals surface area (Å²) >= 11 is 0. The molecule has 1 unspecified atom stereocenters. The van der Waals surface area contributed by atoms with E-state index < -0.39 is 0 Å². The van der Waals surface area contributed by atoms with Gasteiger partial charge in [0.2, 0.25) is 0 Å². The van der Waals surface area contributed by atoms with Gasteiger partial charge in [0.05, 0.1) is 6.42 Å². The van der Waals surface area contributed by atoms with Gasteiger partial charge in [-0.3, -0.25) is 4.79 Å². The molecule has 1 heterocycles. The minimum atomic E-state index is -0.0908. The Morgan fingerprint density at radius 1 is 1.26 bits per heavy atom. The summed E-state index contributed by atoms with van der Waals surface area (Å²) in [4.78, 5) is 14.6. The molecule has 23 heavy (non-hydrogen) atoms. The van der Waals surface area contributed by atoms with Crippen molar-refractivity contribution in [2.45, 2.75) is 51.0 Å². The monoisotopic (exact) mass is 313 g/mol. The Bertz CT molecular complexity index is 579. The van der Waals surface area contributed by atoms with Gasteiger partial charge in [-0.1, -0.05) is 36.8 Å². The van der Waals surface area contributed by atoms with Crippen LogP contribution in [0.4, 0.5) is 0 Å². The first-order valence-corrected chi connectivity index (χ1v) is 8.87. The van der Waals surface area contributed by atoms with Crippen molar-refractivity contribution in [2.24, 2.45) is 0 Å². The Labute approximate surface area is 139 Å². The van der Waals surface area contributed by atoms with Crippen LogP contribution in [0.15, 0.2) is 30.3 Å². The van der Waals surface area contributed by atoms with Crippen molar-refractivity contribution in [3.63, 3.8) is 0 Å². The van der Waals surface area contributed by atoms with Crippen molar-refractivity contribution >= 4 is 11.5 Å². The van der Waals surface area contributed by atoms with E-state index in [1.54, 1.807) is 0 Å². The zero-order chi connectivity index (χ0) is 16.1. The van der Waals surface area contributed by atoms with Gasteiger partial charge in [-0.25, -0.2) is 0 Å². The second kappa shape index (κ2) is 7.78. The first-order chi connectivity index (χ1) is 11.2. The lowest BCUT2D eigenvalue weighted by atomic mass is 9.97. The maximum Gasteiger partial charge on any atom is 0.310 e. The van der Waals surface area contributed by atoms with Crippen molar-refractivity contribution in [3.05, 3.63) is 41.5 Å². The quantitative estimate of drug-likeness (QED) is 0.791. The molecule has 0 saturated carbocycles. The first-order valence-electron chi connectivity index (χ1n) is 8.87. The molecular formula is C20H27NO2. The van der Waals surface area contributed by atoms with Gasteiger partial charge < -0.3 is 9.64 Å². The molecule has 0 radical (unpaired) electrons. The van der Waals surface area contributed by atoms with E-state index in [1.165, 1.54) is 24.0 Å². The van der Waals surface area contributed by atoms with E-state index in [2.05, 4.69) is 42.3 Å². The van der Waals surface area contributed by atoms with Crippen LogP contribution in [0.25, 0.3) is 5.57 Å². The molecular weight excluding hydrogens is 286 g/mol. The zero-order valence-corrected chi connectivity index (χ0v) is 14.1. The van der Waals surface area contributed by atoms with Crippen molar-refractivity contribution in [1.29, 1.82) is 0 Å². The number of carbonyl (C=O) groups excluding carboxylic acids is 1. The average molecular weight is 313 g/mol. The molecule has 3 rings (SSSR count). The number of carbonyl (C=O) groups is 1. The van der Waals surface area contributed by atoms with Crippen molar-refractivity contribution in [3.8, 4) is 0 Å². The maximum absolute atomic E-state index is 12.3. The maximum atomic E-state index is 12.3. The SMILES string of the molecule is CN1CCCCC1COC(=O)CC1=CCCCc2ccccc21. The fourth-order valence-corrected chi connectivity index (χ4v) is 3.65. The number of likely N-dealkylation sites (tertiary alicyclic amines) is 1. The van der Waals surface area contributed by atoms with Gasteiger partial charge in [0, 0.05) is 6.04 Å². The summed E-state index contributed by atoms with van der Waals surface area (Å²) in [7, 11) is 2.13. The molecule has 124 valence electrons. The lowest BCUT2D eigenvalue weighted by Crippen LogP contribution is -2.39. The van der Waals surface area contributed by atoms with E-state index in [0.717, 1.165) is 37.8 Å². The van der Waals surface area contributed by atoms with E-state index in [-0.39, 0.29) is 5.97 Å². The average Bonchev–Trinajstić information content (AvgIpc) is 2.77. The van der Waals surface area contributed by atoms with E-state index in [4.69, 9.17) is 4.74 Å². The molecule has 3 heteroatoms. The number of ether oxygens (including phenoxy) is 1. The Hall–Kier alpha value is -1.61. The van der Waals surface area contributed by atoms with Crippen molar-refractivity contribution < 1.29 is 9.53 Å². The van der Waals surface area contributed by atoms with Crippen molar-refractivity contribution in [1.82, 2.24) is 4.90 Å². The number of hydrogen-bond donors (Lipinski definition) is 0. The number of allylic oxidation sites excluding steroid dienone is 1. The Kier molecular flexibility index (Phi) is 5.50. The summed E-state index contributed by atoms with van der Waals surface area (Å²) in [5.41, 5.74) is 3.73. The number of benzene rings is 1. The van der Waals surface area contributed by atoms with Crippen LogP contribution in [0.5, 0.6) is 0 Å². The van der Waals surface area contributed by atoms with Gasteiger partial charge in [0.15, 0.2) is 0 Å². The number of rotatable bonds is 4.